The zero-order valence-corrected chi connectivity index (χ0v) is 25.4. The Labute approximate surface area is 263 Å². The first-order chi connectivity index (χ1) is 21.2. The first-order valence-electron chi connectivity index (χ1n) is 13.7. The first kappa shape index (κ1) is 28.8. The van der Waals surface area contributed by atoms with E-state index in [1.54, 1.807) is 17.8 Å². The fraction of sp³-hybridized carbons (Fsp3) is 0.121. The van der Waals surface area contributed by atoms with E-state index in [1.165, 1.54) is 34.2 Å². The van der Waals surface area contributed by atoms with Gasteiger partial charge in [0.25, 0.3) is 5.91 Å². The number of hydrogen-bond donors (Lipinski definition) is 1. The molecule has 0 fully saturated rings. The molecule has 0 atom stereocenters. The molecule has 6 rings (SSSR count). The van der Waals surface area contributed by atoms with Crippen LogP contribution in [-0.4, -0.2) is 37.2 Å². The molecule has 0 saturated heterocycles. The number of benzene rings is 3. The zero-order valence-electron chi connectivity index (χ0n) is 23.0. The maximum absolute atomic E-state index is 13.0. The molecule has 3 aromatic heterocycles. The third-order valence-corrected chi connectivity index (χ3v) is 9.08. The Kier molecular flexibility index (Phi) is 9.22. The molecule has 3 heterocycles. The number of aromatic nitrogens is 5. The summed E-state index contributed by atoms with van der Waals surface area (Å²) >= 11 is 9.28. The second kappa shape index (κ2) is 13.8. The second-order valence-electron chi connectivity index (χ2n) is 9.69. The van der Waals surface area contributed by atoms with Crippen molar-refractivity contribution in [3.05, 3.63) is 142 Å². The summed E-state index contributed by atoms with van der Waals surface area (Å²) in [7, 11) is 0. The van der Waals surface area contributed by atoms with Gasteiger partial charge in [0, 0.05) is 40.8 Å². The Morgan fingerprint density at radius 3 is 2.33 bits per heavy atom. The summed E-state index contributed by atoms with van der Waals surface area (Å²) in [4.78, 5) is 21.7. The van der Waals surface area contributed by atoms with Crippen molar-refractivity contribution in [3.8, 4) is 17.1 Å². The summed E-state index contributed by atoms with van der Waals surface area (Å²) in [5.74, 6) is 1.25. The van der Waals surface area contributed by atoms with Crippen molar-refractivity contribution < 1.29 is 4.79 Å². The van der Waals surface area contributed by atoms with E-state index in [9.17, 15) is 4.79 Å². The number of thioether (sulfide) groups is 1. The molecule has 10 heteroatoms. The predicted molar refractivity (Wildman–Crippen MR) is 173 cm³/mol. The largest absolute Gasteiger partial charge is 0.351 e. The molecule has 214 valence electrons. The Morgan fingerprint density at radius 1 is 0.907 bits per heavy atom. The van der Waals surface area contributed by atoms with Crippen molar-refractivity contribution in [2.75, 3.05) is 6.54 Å². The van der Waals surface area contributed by atoms with E-state index < -0.39 is 0 Å². The Hall–Kier alpha value is -4.31. The van der Waals surface area contributed by atoms with Gasteiger partial charge in [0.1, 0.15) is 10.7 Å². The molecule has 6 aromatic rings. The summed E-state index contributed by atoms with van der Waals surface area (Å²) < 4.78 is 1.98. The average Bonchev–Trinajstić information content (AvgIpc) is 3.71. The van der Waals surface area contributed by atoms with E-state index in [2.05, 4.69) is 74.0 Å². The lowest BCUT2D eigenvalue weighted by atomic mass is 9.88. The smallest absolute Gasteiger partial charge is 0.270 e. The lowest BCUT2D eigenvalue weighted by Crippen LogP contribution is -2.26. The van der Waals surface area contributed by atoms with Crippen LogP contribution < -0.4 is 5.32 Å². The lowest BCUT2D eigenvalue weighted by Gasteiger charge is -2.18. The minimum Gasteiger partial charge on any atom is -0.351 e. The molecule has 0 aliphatic heterocycles. The van der Waals surface area contributed by atoms with E-state index in [4.69, 9.17) is 11.6 Å². The highest BCUT2D eigenvalue weighted by Crippen LogP contribution is 2.31. The normalized spacial score (nSPS) is 11.1. The standard InChI is InChI=1S/C33H27ClN6OS2/c34-26-12-7-13-27(20-26)40-31(25-14-17-35-18-15-25)38-39-33(40)43-22-30-37-29(21-42-30)32(41)36-19-16-28(23-8-3-1-4-9-23)24-10-5-2-6-11-24/h1-15,17-18,20-21,28H,16,19,22H2,(H,36,41). The van der Waals surface area contributed by atoms with Crippen LogP contribution in [0.1, 0.15) is 39.0 Å². The average molecular weight is 623 g/mol. The van der Waals surface area contributed by atoms with Gasteiger partial charge in [-0.3, -0.25) is 14.3 Å². The topological polar surface area (TPSA) is 85.6 Å². The molecule has 7 nitrogen and oxygen atoms in total. The van der Waals surface area contributed by atoms with Gasteiger partial charge in [0.15, 0.2) is 11.0 Å². The van der Waals surface area contributed by atoms with Crippen molar-refractivity contribution in [1.82, 2.24) is 30.0 Å². The van der Waals surface area contributed by atoms with Crippen molar-refractivity contribution in [2.45, 2.75) is 23.2 Å². The quantitative estimate of drug-likeness (QED) is 0.149. The molecular weight excluding hydrogens is 596 g/mol. The highest BCUT2D eigenvalue weighted by atomic mass is 35.5. The minimum atomic E-state index is -0.172. The number of nitrogens with zero attached hydrogens (tertiary/aromatic N) is 5. The fourth-order valence-corrected chi connectivity index (χ4v) is 6.75. The monoisotopic (exact) mass is 622 g/mol. The van der Waals surface area contributed by atoms with Gasteiger partial charge in [-0.25, -0.2) is 4.98 Å². The van der Waals surface area contributed by atoms with Gasteiger partial charge in [0.05, 0.1) is 11.4 Å². The van der Waals surface area contributed by atoms with Crippen LogP contribution in [0.25, 0.3) is 17.1 Å². The summed E-state index contributed by atoms with van der Waals surface area (Å²) in [6, 6.07) is 32.2. The fourth-order valence-electron chi connectivity index (χ4n) is 4.82. The Balaban J connectivity index is 1.12. The van der Waals surface area contributed by atoms with Gasteiger partial charge >= 0.3 is 0 Å². The molecule has 0 bridgehead atoms. The van der Waals surface area contributed by atoms with Crippen molar-refractivity contribution in [3.63, 3.8) is 0 Å². The van der Waals surface area contributed by atoms with Gasteiger partial charge in [-0.2, -0.15) is 0 Å². The molecule has 0 radical (unpaired) electrons. The van der Waals surface area contributed by atoms with Crippen LogP contribution in [0.4, 0.5) is 0 Å². The molecule has 0 unspecified atom stereocenters. The van der Waals surface area contributed by atoms with E-state index in [0.29, 0.717) is 34.0 Å². The van der Waals surface area contributed by atoms with Crippen LogP contribution in [0, 0.1) is 0 Å². The predicted octanol–water partition coefficient (Wildman–Crippen LogP) is 7.68. The van der Waals surface area contributed by atoms with Crippen LogP contribution >= 0.6 is 34.7 Å². The zero-order chi connectivity index (χ0) is 29.4. The molecular formula is C33H27ClN6OS2. The number of carbonyl (C=O) groups excluding carboxylic acids is 1. The summed E-state index contributed by atoms with van der Waals surface area (Å²) in [6.45, 7) is 0.537. The third kappa shape index (κ3) is 7.02. The number of carbonyl (C=O) groups is 1. The molecule has 0 spiro atoms. The maximum Gasteiger partial charge on any atom is 0.270 e. The second-order valence-corrected chi connectivity index (χ2v) is 12.0. The number of amides is 1. The van der Waals surface area contributed by atoms with Gasteiger partial charge < -0.3 is 5.32 Å². The molecule has 1 N–H and O–H groups in total. The SMILES string of the molecule is O=C(NCCC(c1ccccc1)c1ccccc1)c1csc(CSc2nnc(-c3ccncc3)n2-c2cccc(Cl)c2)n1. The van der Waals surface area contributed by atoms with Crippen molar-refractivity contribution in [2.24, 2.45) is 0 Å². The van der Waals surface area contributed by atoms with Crippen LogP contribution in [0.3, 0.4) is 0 Å². The van der Waals surface area contributed by atoms with Crippen molar-refractivity contribution >= 4 is 40.6 Å². The number of pyridine rings is 1. The van der Waals surface area contributed by atoms with Gasteiger partial charge in [-0.1, -0.05) is 90.1 Å². The number of rotatable bonds is 11. The highest BCUT2D eigenvalue weighted by Gasteiger charge is 2.19. The number of thiazole rings is 1. The molecule has 3 aromatic carbocycles. The number of halogens is 1. The lowest BCUT2D eigenvalue weighted by molar-refractivity contribution is 0.0948. The third-order valence-electron chi connectivity index (χ3n) is 6.87. The van der Waals surface area contributed by atoms with Gasteiger partial charge in [0.2, 0.25) is 0 Å². The van der Waals surface area contributed by atoms with Crippen molar-refractivity contribution in [1.29, 1.82) is 0 Å². The first-order valence-corrected chi connectivity index (χ1v) is 16.0. The number of nitrogens with one attached hydrogen (secondary N) is 1. The summed E-state index contributed by atoms with van der Waals surface area (Å²) in [5.41, 5.74) is 4.63. The molecule has 0 aliphatic rings. The van der Waals surface area contributed by atoms with Crippen LogP contribution in [0.5, 0.6) is 0 Å². The molecule has 0 aliphatic carbocycles. The molecule has 1 amide bonds. The summed E-state index contributed by atoms with van der Waals surface area (Å²) in [6.07, 6.45) is 4.24. The number of hydrogen-bond acceptors (Lipinski definition) is 7. The van der Waals surface area contributed by atoms with E-state index in [1.807, 2.05) is 53.1 Å². The summed E-state index contributed by atoms with van der Waals surface area (Å²) in [5, 5.41) is 16.0. The van der Waals surface area contributed by atoms with Gasteiger partial charge in [-0.05, 0) is 47.9 Å². The highest BCUT2D eigenvalue weighted by molar-refractivity contribution is 7.98. The van der Waals surface area contributed by atoms with Gasteiger partial charge in [-0.15, -0.1) is 21.5 Å². The molecule has 0 saturated carbocycles. The van der Waals surface area contributed by atoms with Crippen LogP contribution in [0.2, 0.25) is 5.02 Å². The minimum absolute atomic E-state index is 0.172. The Bertz CT molecular complexity index is 1760. The maximum atomic E-state index is 13.0. The van der Waals surface area contributed by atoms with E-state index >= 15 is 0 Å². The molecule has 43 heavy (non-hydrogen) atoms. The Morgan fingerprint density at radius 2 is 1.63 bits per heavy atom. The van der Waals surface area contributed by atoms with E-state index in [-0.39, 0.29) is 11.8 Å². The van der Waals surface area contributed by atoms with Crippen LogP contribution in [0.15, 0.2) is 120 Å². The van der Waals surface area contributed by atoms with Crippen LogP contribution in [-0.2, 0) is 5.75 Å². The van der Waals surface area contributed by atoms with E-state index in [0.717, 1.165) is 22.7 Å².